The maximum Gasteiger partial charge on any atom is 0.262 e. The Morgan fingerprint density at radius 3 is 2.54 bits per heavy atom. The molecule has 5 nitrogen and oxygen atoms in total. The smallest absolute Gasteiger partial charge is 0.262 e. The van der Waals surface area contributed by atoms with E-state index in [9.17, 15) is 8.78 Å². The highest BCUT2D eigenvalue weighted by molar-refractivity contribution is 5.96. The standard InChI is InChI=1S/C19H23F2N3O2.C2H6/c1-25-16-6-13-15(7-17(16)26-2)24-14-5-3-4-12(14)18(13)23-11-8-19(20,21)10-22-9-11;1-2/h6-7,11,22H,3-5,8-10H2,1-2H3,(H,23,24);1-2H3. The molecule has 0 radical (unpaired) electrons. The Kier molecular flexibility index (Phi) is 6.23. The Bertz CT molecular complexity index is 842. The maximum atomic E-state index is 13.8. The number of methoxy groups -OCH3 is 2. The molecule has 1 aromatic carbocycles. The van der Waals surface area contributed by atoms with Crippen LogP contribution < -0.4 is 20.1 Å². The molecule has 1 saturated heterocycles. The first kappa shape index (κ1) is 20.6. The summed E-state index contributed by atoms with van der Waals surface area (Å²) in [6.45, 7) is 4.26. The number of aryl methyl sites for hydroxylation is 1. The zero-order valence-corrected chi connectivity index (χ0v) is 17.0. The average Bonchev–Trinajstić information content (AvgIpc) is 3.16. The summed E-state index contributed by atoms with van der Waals surface area (Å²) in [5.41, 5.74) is 3.88. The third-order valence-electron chi connectivity index (χ3n) is 5.18. The second kappa shape index (κ2) is 8.47. The lowest BCUT2D eigenvalue weighted by molar-refractivity contribution is -0.0244. The van der Waals surface area contributed by atoms with Crippen molar-refractivity contribution in [3.63, 3.8) is 0 Å². The molecule has 1 fully saturated rings. The monoisotopic (exact) mass is 393 g/mol. The van der Waals surface area contributed by atoms with Crippen molar-refractivity contribution in [2.45, 2.75) is 51.5 Å². The number of rotatable bonds is 4. The molecule has 2 heterocycles. The zero-order chi connectivity index (χ0) is 20.3. The molecule has 1 aliphatic heterocycles. The first-order valence-electron chi connectivity index (χ1n) is 9.93. The van der Waals surface area contributed by atoms with Gasteiger partial charge in [0.05, 0.1) is 26.3 Å². The molecule has 0 spiro atoms. The number of alkyl halides is 2. The Balaban J connectivity index is 0.00000109. The van der Waals surface area contributed by atoms with Crippen LogP contribution in [-0.4, -0.2) is 44.3 Å². The molecule has 2 aromatic rings. The van der Waals surface area contributed by atoms with E-state index in [1.54, 1.807) is 14.2 Å². The zero-order valence-electron chi connectivity index (χ0n) is 17.0. The van der Waals surface area contributed by atoms with E-state index in [0.29, 0.717) is 18.0 Å². The lowest BCUT2D eigenvalue weighted by atomic mass is 10.0. The molecule has 7 heteroatoms. The van der Waals surface area contributed by atoms with Crippen molar-refractivity contribution in [1.82, 2.24) is 10.3 Å². The van der Waals surface area contributed by atoms with Crippen LogP contribution in [-0.2, 0) is 12.8 Å². The molecule has 2 aliphatic rings. The number of hydrogen-bond donors (Lipinski definition) is 2. The van der Waals surface area contributed by atoms with E-state index < -0.39 is 5.92 Å². The summed E-state index contributed by atoms with van der Waals surface area (Å²) >= 11 is 0. The van der Waals surface area contributed by atoms with Crippen LogP contribution in [0, 0.1) is 0 Å². The van der Waals surface area contributed by atoms with E-state index in [1.165, 1.54) is 0 Å². The predicted octanol–water partition coefficient (Wildman–Crippen LogP) is 4.18. The Morgan fingerprint density at radius 2 is 1.86 bits per heavy atom. The fraction of sp³-hybridized carbons (Fsp3) is 0.571. The molecule has 1 aliphatic carbocycles. The third kappa shape index (κ3) is 3.99. The average molecular weight is 393 g/mol. The second-order valence-corrected chi connectivity index (χ2v) is 7.02. The molecule has 2 N–H and O–H groups in total. The van der Waals surface area contributed by atoms with Gasteiger partial charge in [0.25, 0.3) is 5.92 Å². The SMILES string of the molecule is CC.COc1cc2nc3c(c(NC4CNCC(F)(F)C4)c2cc1OC)CCC3. The Hall–Kier alpha value is -2.15. The van der Waals surface area contributed by atoms with Crippen molar-refractivity contribution in [2.75, 3.05) is 32.6 Å². The van der Waals surface area contributed by atoms with Gasteiger partial charge in [-0.1, -0.05) is 13.8 Å². The lowest BCUT2D eigenvalue weighted by Gasteiger charge is -2.32. The van der Waals surface area contributed by atoms with E-state index in [2.05, 4.69) is 10.6 Å². The van der Waals surface area contributed by atoms with Crippen LogP contribution in [0.4, 0.5) is 14.5 Å². The second-order valence-electron chi connectivity index (χ2n) is 7.02. The van der Waals surface area contributed by atoms with Crippen LogP contribution >= 0.6 is 0 Å². The van der Waals surface area contributed by atoms with Crippen molar-refractivity contribution in [1.29, 1.82) is 0 Å². The minimum Gasteiger partial charge on any atom is -0.493 e. The fourth-order valence-corrected chi connectivity index (χ4v) is 3.99. The van der Waals surface area contributed by atoms with Gasteiger partial charge >= 0.3 is 0 Å². The summed E-state index contributed by atoms with van der Waals surface area (Å²) in [5, 5.41) is 7.11. The van der Waals surface area contributed by atoms with Gasteiger partial charge in [-0.2, -0.15) is 0 Å². The van der Waals surface area contributed by atoms with Crippen molar-refractivity contribution >= 4 is 16.6 Å². The summed E-state index contributed by atoms with van der Waals surface area (Å²) in [6.07, 6.45) is 2.67. The highest BCUT2D eigenvalue weighted by Gasteiger charge is 2.37. The van der Waals surface area contributed by atoms with Gasteiger partial charge < -0.3 is 20.1 Å². The summed E-state index contributed by atoms with van der Waals surface area (Å²) < 4.78 is 38.4. The molecule has 1 unspecified atom stereocenters. The minimum absolute atomic E-state index is 0.175. The molecule has 1 atom stereocenters. The van der Waals surface area contributed by atoms with E-state index in [4.69, 9.17) is 14.5 Å². The highest BCUT2D eigenvalue weighted by atomic mass is 19.3. The molecule has 154 valence electrons. The fourth-order valence-electron chi connectivity index (χ4n) is 3.99. The summed E-state index contributed by atoms with van der Waals surface area (Å²) in [5.74, 6) is -1.47. The quantitative estimate of drug-likeness (QED) is 0.816. The van der Waals surface area contributed by atoms with Crippen LogP contribution in [0.2, 0.25) is 0 Å². The Morgan fingerprint density at radius 1 is 1.14 bits per heavy atom. The molecule has 0 saturated carbocycles. The number of pyridine rings is 1. The number of benzene rings is 1. The van der Waals surface area contributed by atoms with Gasteiger partial charge in [-0.15, -0.1) is 0 Å². The first-order chi connectivity index (χ1) is 13.5. The van der Waals surface area contributed by atoms with Crippen molar-refractivity contribution < 1.29 is 18.3 Å². The third-order valence-corrected chi connectivity index (χ3v) is 5.18. The molecular weight excluding hydrogens is 364 g/mol. The van der Waals surface area contributed by atoms with Gasteiger partial charge in [0, 0.05) is 41.8 Å². The minimum atomic E-state index is -2.69. The lowest BCUT2D eigenvalue weighted by Crippen LogP contribution is -2.49. The van der Waals surface area contributed by atoms with Gasteiger partial charge in [-0.25, -0.2) is 8.78 Å². The van der Waals surface area contributed by atoms with E-state index in [0.717, 1.165) is 47.1 Å². The van der Waals surface area contributed by atoms with Crippen LogP contribution in [0.15, 0.2) is 12.1 Å². The summed E-state index contributed by atoms with van der Waals surface area (Å²) in [7, 11) is 3.18. The number of anilines is 1. The number of piperidine rings is 1. The largest absolute Gasteiger partial charge is 0.493 e. The molecule has 0 bridgehead atoms. The van der Waals surface area contributed by atoms with E-state index in [-0.39, 0.29) is 19.0 Å². The maximum absolute atomic E-state index is 13.8. The molecule has 0 amide bonds. The van der Waals surface area contributed by atoms with Crippen LogP contribution in [0.1, 0.15) is 37.9 Å². The van der Waals surface area contributed by atoms with Crippen molar-refractivity contribution in [3.05, 3.63) is 23.4 Å². The Labute approximate surface area is 164 Å². The number of nitrogens with zero attached hydrogens (tertiary/aromatic N) is 1. The van der Waals surface area contributed by atoms with E-state index in [1.807, 2.05) is 26.0 Å². The van der Waals surface area contributed by atoms with Crippen molar-refractivity contribution in [2.24, 2.45) is 0 Å². The number of nitrogens with one attached hydrogen (secondary N) is 2. The number of ether oxygens (including phenoxy) is 2. The number of hydrogen-bond acceptors (Lipinski definition) is 5. The molecule has 28 heavy (non-hydrogen) atoms. The highest BCUT2D eigenvalue weighted by Crippen LogP contribution is 2.40. The number of halogens is 2. The topological polar surface area (TPSA) is 55.4 Å². The van der Waals surface area contributed by atoms with Gasteiger partial charge in [0.15, 0.2) is 11.5 Å². The number of fused-ring (bicyclic) bond motifs is 2. The van der Waals surface area contributed by atoms with Gasteiger partial charge in [-0.05, 0) is 30.9 Å². The van der Waals surface area contributed by atoms with Gasteiger partial charge in [0.2, 0.25) is 0 Å². The number of aromatic nitrogens is 1. The van der Waals surface area contributed by atoms with Gasteiger partial charge in [-0.3, -0.25) is 4.98 Å². The predicted molar refractivity (Wildman–Crippen MR) is 108 cm³/mol. The van der Waals surface area contributed by atoms with Crippen molar-refractivity contribution in [3.8, 4) is 11.5 Å². The summed E-state index contributed by atoms with van der Waals surface area (Å²) in [6, 6.07) is 3.41. The molecule has 4 rings (SSSR count). The van der Waals surface area contributed by atoms with Crippen LogP contribution in [0.5, 0.6) is 11.5 Å². The summed E-state index contributed by atoms with van der Waals surface area (Å²) in [4.78, 5) is 4.78. The molecular formula is C21H29F2N3O2. The first-order valence-corrected chi connectivity index (χ1v) is 9.93. The molecule has 1 aromatic heterocycles. The van der Waals surface area contributed by atoms with E-state index >= 15 is 0 Å². The van der Waals surface area contributed by atoms with Crippen LogP contribution in [0.3, 0.4) is 0 Å². The van der Waals surface area contributed by atoms with Crippen LogP contribution in [0.25, 0.3) is 10.9 Å². The normalized spacial score (nSPS) is 20.1. The van der Waals surface area contributed by atoms with Gasteiger partial charge in [0.1, 0.15) is 0 Å².